The summed E-state index contributed by atoms with van der Waals surface area (Å²) in [5, 5.41) is 10.6. The highest BCUT2D eigenvalue weighted by molar-refractivity contribution is 7.81. The van der Waals surface area contributed by atoms with Crippen molar-refractivity contribution >= 4 is 30.3 Å². The fraction of sp³-hybridized carbons (Fsp3) is 0.556. The second-order valence-corrected chi connectivity index (χ2v) is 8.13. The summed E-state index contributed by atoms with van der Waals surface area (Å²) in [6.45, 7) is 1.65. The monoisotopic (exact) mass is 408 g/mol. The number of hydrogen-bond donors (Lipinski definition) is 1. The van der Waals surface area contributed by atoms with Crippen molar-refractivity contribution in [2.24, 2.45) is 0 Å². The minimum Gasteiger partial charge on any atom is -0.445 e. The van der Waals surface area contributed by atoms with Crippen LogP contribution in [0.5, 0.6) is 0 Å². The Kier molecular flexibility index (Phi) is 6.09. The second kappa shape index (κ2) is 8.36. The Hall–Kier alpha value is -2.33. The topological polar surface area (TPSA) is 96.2 Å². The summed E-state index contributed by atoms with van der Waals surface area (Å²) >= 11 is 4.44. The zero-order valence-electron chi connectivity index (χ0n) is 15.9. The number of amides is 2. The van der Waals surface area contributed by atoms with Crippen LogP contribution in [0.15, 0.2) is 24.3 Å². The van der Waals surface area contributed by atoms with Gasteiger partial charge in [-0.3, -0.25) is 19.8 Å². The molecule has 0 radical (unpaired) electrons. The van der Waals surface area contributed by atoms with Crippen LogP contribution in [-0.2, 0) is 16.1 Å². The number of nitrogens with zero attached hydrogens (tertiary/aromatic N) is 4. The molecule has 3 rings (SSSR count). The SMILES string of the molecule is CN(C)C1CN(C(=O)C2CC(S)CN2C(=O)OCc2ccc([N+](=O)[O-])cc2)C1. The van der Waals surface area contributed by atoms with Gasteiger partial charge in [-0.1, -0.05) is 0 Å². The zero-order chi connectivity index (χ0) is 20.4. The highest BCUT2D eigenvalue weighted by atomic mass is 32.1. The van der Waals surface area contributed by atoms with Crippen LogP contribution < -0.4 is 0 Å². The fourth-order valence-electron chi connectivity index (χ4n) is 3.36. The minimum atomic E-state index is -0.571. The number of carbonyl (C=O) groups excluding carboxylic acids is 2. The Balaban J connectivity index is 1.57. The first-order chi connectivity index (χ1) is 13.3. The molecular formula is C18H24N4O5S. The quantitative estimate of drug-likeness (QED) is 0.449. The van der Waals surface area contributed by atoms with E-state index in [4.69, 9.17) is 4.74 Å². The molecule has 152 valence electrons. The molecule has 0 spiro atoms. The van der Waals surface area contributed by atoms with Crippen LogP contribution in [-0.4, -0.2) is 82.7 Å². The molecule has 1 aromatic carbocycles. The number of rotatable bonds is 5. The van der Waals surface area contributed by atoms with E-state index in [0.717, 1.165) is 0 Å². The van der Waals surface area contributed by atoms with Gasteiger partial charge in [0.05, 0.1) is 4.92 Å². The number of nitro benzene ring substituents is 1. The molecule has 0 N–H and O–H groups in total. The number of carbonyl (C=O) groups is 2. The lowest BCUT2D eigenvalue weighted by Gasteiger charge is -2.44. The summed E-state index contributed by atoms with van der Waals surface area (Å²) in [7, 11) is 3.96. The number of likely N-dealkylation sites (N-methyl/N-ethyl adjacent to an activating group) is 1. The van der Waals surface area contributed by atoms with Gasteiger partial charge in [0.1, 0.15) is 12.6 Å². The maximum atomic E-state index is 12.8. The molecule has 0 aromatic heterocycles. The molecule has 2 atom stereocenters. The van der Waals surface area contributed by atoms with E-state index in [1.165, 1.54) is 17.0 Å². The smallest absolute Gasteiger partial charge is 0.410 e. The maximum Gasteiger partial charge on any atom is 0.410 e. The predicted molar refractivity (Wildman–Crippen MR) is 105 cm³/mol. The van der Waals surface area contributed by atoms with Gasteiger partial charge in [-0.15, -0.1) is 0 Å². The molecule has 9 nitrogen and oxygen atoms in total. The Bertz CT molecular complexity index is 751. The van der Waals surface area contributed by atoms with Crippen LogP contribution in [0, 0.1) is 10.1 Å². The highest BCUT2D eigenvalue weighted by Crippen LogP contribution is 2.27. The van der Waals surface area contributed by atoms with Crippen LogP contribution >= 0.6 is 12.6 Å². The largest absolute Gasteiger partial charge is 0.445 e. The van der Waals surface area contributed by atoms with Crippen molar-refractivity contribution in [2.45, 2.75) is 30.4 Å². The number of non-ortho nitro benzene ring substituents is 1. The number of hydrogen-bond acceptors (Lipinski definition) is 7. The van der Waals surface area contributed by atoms with Gasteiger partial charge in [-0.25, -0.2) is 4.79 Å². The third kappa shape index (κ3) is 4.39. The molecule has 2 aliphatic rings. The van der Waals surface area contributed by atoms with Gasteiger partial charge < -0.3 is 14.5 Å². The van der Waals surface area contributed by atoms with E-state index >= 15 is 0 Å². The molecule has 0 bridgehead atoms. The maximum absolute atomic E-state index is 12.8. The molecule has 2 fully saturated rings. The van der Waals surface area contributed by atoms with Crippen LogP contribution in [0.4, 0.5) is 10.5 Å². The van der Waals surface area contributed by atoms with Crippen molar-refractivity contribution in [2.75, 3.05) is 33.7 Å². The highest BCUT2D eigenvalue weighted by Gasteiger charge is 2.44. The van der Waals surface area contributed by atoms with Crippen LogP contribution in [0.25, 0.3) is 0 Å². The minimum absolute atomic E-state index is 0.0160. The number of likely N-dealkylation sites (tertiary alicyclic amines) is 2. The van der Waals surface area contributed by atoms with E-state index in [0.29, 0.717) is 37.7 Å². The first-order valence-electron chi connectivity index (χ1n) is 9.06. The van der Waals surface area contributed by atoms with Gasteiger partial charge in [0.15, 0.2) is 0 Å². The van der Waals surface area contributed by atoms with Crippen molar-refractivity contribution in [3.05, 3.63) is 39.9 Å². The Morgan fingerprint density at radius 3 is 2.46 bits per heavy atom. The first kappa shape index (κ1) is 20.4. The van der Waals surface area contributed by atoms with Gasteiger partial charge >= 0.3 is 6.09 Å². The normalized spacial score (nSPS) is 22.3. The summed E-state index contributed by atoms with van der Waals surface area (Å²) in [5.41, 5.74) is 0.615. The van der Waals surface area contributed by atoms with Crippen LogP contribution in [0.2, 0.25) is 0 Å². The average molecular weight is 408 g/mol. The first-order valence-corrected chi connectivity index (χ1v) is 9.58. The summed E-state index contributed by atoms with van der Waals surface area (Å²) in [6, 6.07) is 5.59. The molecule has 1 aromatic rings. The lowest BCUT2D eigenvalue weighted by atomic mass is 10.1. The van der Waals surface area contributed by atoms with E-state index in [2.05, 4.69) is 17.5 Å². The molecular weight excluding hydrogens is 384 g/mol. The Labute approximate surface area is 168 Å². The lowest BCUT2D eigenvalue weighted by Crippen LogP contribution is -2.62. The molecule has 0 aliphatic carbocycles. The van der Waals surface area contributed by atoms with E-state index in [1.54, 1.807) is 17.0 Å². The lowest BCUT2D eigenvalue weighted by molar-refractivity contribution is -0.384. The Morgan fingerprint density at radius 2 is 1.89 bits per heavy atom. The van der Waals surface area contributed by atoms with Crippen LogP contribution in [0.1, 0.15) is 12.0 Å². The van der Waals surface area contributed by atoms with Gasteiger partial charge in [-0.05, 0) is 38.2 Å². The molecule has 0 saturated carbocycles. The molecule has 2 saturated heterocycles. The predicted octanol–water partition coefficient (Wildman–Crippen LogP) is 1.38. The zero-order valence-corrected chi connectivity index (χ0v) is 16.7. The number of thiol groups is 1. The Morgan fingerprint density at radius 1 is 1.25 bits per heavy atom. The average Bonchev–Trinajstić information content (AvgIpc) is 3.00. The van der Waals surface area contributed by atoms with Gasteiger partial charge in [-0.2, -0.15) is 12.6 Å². The summed E-state index contributed by atoms with van der Waals surface area (Å²) in [6.07, 6.45) is -0.0736. The van der Waals surface area contributed by atoms with E-state index in [9.17, 15) is 19.7 Å². The fourth-order valence-corrected chi connectivity index (χ4v) is 3.74. The summed E-state index contributed by atoms with van der Waals surface area (Å²) in [4.78, 5) is 40.8. The standard InChI is InChI=1S/C18H24N4O5S/c1-19(2)14-8-20(9-14)17(23)16-7-15(28)10-21(16)18(24)27-11-12-3-5-13(6-4-12)22(25)26/h3-6,14-16,28H,7-11H2,1-2H3. The number of benzene rings is 1. The molecule has 28 heavy (non-hydrogen) atoms. The second-order valence-electron chi connectivity index (χ2n) is 7.40. The van der Waals surface area contributed by atoms with E-state index in [-0.39, 0.29) is 23.5 Å². The van der Waals surface area contributed by atoms with Gasteiger partial charge in [0.25, 0.3) is 5.69 Å². The number of ether oxygens (including phenoxy) is 1. The van der Waals surface area contributed by atoms with Crippen molar-refractivity contribution < 1.29 is 19.2 Å². The molecule has 10 heteroatoms. The summed E-state index contributed by atoms with van der Waals surface area (Å²) < 4.78 is 5.34. The molecule has 2 heterocycles. The van der Waals surface area contributed by atoms with Gasteiger partial charge in [0.2, 0.25) is 5.91 Å². The van der Waals surface area contributed by atoms with Crippen molar-refractivity contribution in [1.29, 1.82) is 0 Å². The molecule has 2 unspecified atom stereocenters. The third-order valence-electron chi connectivity index (χ3n) is 5.21. The van der Waals surface area contributed by atoms with Crippen LogP contribution in [0.3, 0.4) is 0 Å². The van der Waals surface area contributed by atoms with Crippen molar-refractivity contribution in [3.63, 3.8) is 0 Å². The molecule has 2 aliphatic heterocycles. The molecule has 2 amide bonds. The van der Waals surface area contributed by atoms with Crippen molar-refractivity contribution in [1.82, 2.24) is 14.7 Å². The van der Waals surface area contributed by atoms with Gasteiger partial charge in [0, 0.05) is 43.1 Å². The van der Waals surface area contributed by atoms with E-state index < -0.39 is 17.1 Å². The number of nitro groups is 1. The summed E-state index contributed by atoms with van der Waals surface area (Å²) in [5.74, 6) is -0.0677. The van der Waals surface area contributed by atoms with Crippen molar-refractivity contribution in [3.8, 4) is 0 Å². The third-order valence-corrected chi connectivity index (χ3v) is 5.59. The van der Waals surface area contributed by atoms with E-state index in [1.807, 2.05) is 14.1 Å².